The van der Waals surface area contributed by atoms with Crippen LogP contribution in [-0.2, 0) is 4.79 Å². The number of carboxylic acid groups (broad SMARTS) is 1. The van der Waals surface area contributed by atoms with Gasteiger partial charge in [0.1, 0.15) is 0 Å². The SMILES string of the molecule is Cc1nc2c(cnn2C(C)C)cc1C(=O)NCC1(C(=O)O)CC1. The number of aliphatic carboxylic acids is 1. The molecule has 7 nitrogen and oxygen atoms in total. The molecule has 1 amide bonds. The molecule has 3 rings (SSSR count). The van der Waals surface area contributed by atoms with Crippen molar-refractivity contribution in [2.24, 2.45) is 5.41 Å². The highest BCUT2D eigenvalue weighted by atomic mass is 16.4. The molecule has 1 saturated carbocycles. The minimum absolute atomic E-state index is 0.157. The predicted molar refractivity (Wildman–Crippen MR) is 84.3 cm³/mol. The first-order chi connectivity index (χ1) is 10.8. The van der Waals surface area contributed by atoms with Crippen LogP contribution in [0.1, 0.15) is 48.8 Å². The average molecular weight is 316 g/mol. The quantitative estimate of drug-likeness (QED) is 0.878. The first-order valence-corrected chi connectivity index (χ1v) is 7.70. The van der Waals surface area contributed by atoms with E-state index >= 15 is 0 Å². The molecule has 7 heteroatoms. The molecule has 0 aromatic carbocycles. The molecule has 1 fully saturated rings. The van der Waals surface area contributed by atoms with Gasteiger partial charge in [-0.25, -0.2) is 9.67 Å². The van der Waals surface area contributed by atoms with Gasteiger partial charge >= 0.3 is 5.97 Å². The number of hydrogen-bond donors (Lipinski definition) is 2. The highest BCUT2D eigenvalue weighted by Gasteiger charge is 2.50. The molecule has 23 heavy (non-hydrogen) atoms. The summed E-state index contributed by atoms with van der Waals surface area (Å²) < 4.78 is 1.81. The predicted octanol–water partition coefficient (Wildman–Crippen LogP) is 1.92. The first-order valence-electron chi connectivity index (χ1n) is 7.70. The normalized spacial score (nSPS) is 15.8. The number of rotatable bonds is 5. The molecule has 0 bridgehead atoms. The third kappa shape index (κ3) is 2.67. The van der Waals surface area contributed by atoms with E-state index in [4.69, 9.17) is 5.11 Å². The lowest BCUT2D eigenvalue weighted by atomic mass is 10.1. The molecule has 2 aromatic heterocycles. The lowest BCUT2D eigenvalue weighted by molar-refractivity contribution is -0.143. The lowest BCUT2D eigenvalue weighted by Crippen LogP contribution is -2.34. The van der Waals surface area contributed by atoms with Crippen LogP contribution in [0.5, 0.6) is 0 Å². The van der Waals surface area contributed by atoms with Crippen LogP contribution in [0.3, 0.4) is 0 Å². The van der Waals surface area contributed by atoms with Crippen LogP contribution in [-0.4, -0.2) is 38.3 Å². The van der Waals surface area contributed by atoms with E-state index in [-0.39, 0.29) is 18.5 Å². The maximum absolute atomic E-state index is 12.4. The summed E-state index contributed by atoms with van der Waals surface area (Å²) in [5, 5.41) is 17.0. The average Bonchev–Trinajstić information content (AvgIpc) is 3.18. The molecule has 1 aliphatic rings. The van der Waals surface area contributed by atoms with Gasteiger partial charge in [0.15, 0.2) is 5.65 Å². The van der Waals surface area contributed by atoms with Gasteiger partial charge in [0.2, 0.25) is 0 Å². The van der Waals surface area contributed by atoms with Gasteiger partial charge in [0, 0.05) is 18.0 Å². The van der Waals surface area contributed by atoms with Crippen LogP contribution < -0.4 is 5.32 Å². The minimum Gasteiger partial charge on any atom is -0.481 e. The summed E-state index contributed by atoms with van der Waals surface area (Å²) in [7, 11) is 0. The minimum atomic E-state index is -0.846. The molecule has 0 saturated heterocycles. The van der Waals surface area contributed by atoms with Crippen LogP contribution in [0.15, 0.2) is 12.3 Å². The van der Waals surface area contributed by atoms with Crippen molar-refractivity contribution in [2.75, 3.05) is 6.54 Å². The van der Waals surface area contributed by atoms with Gasteiger partial charge in [0.25, 0.3) is 5.91 Å². The molecule has 0 radical (unpaired) electrons. The van der Waals surface area contributed by atoms with Gasteiger partial charge in [-0.05, 0) is 39.7 Å². The van der Waals surface area contributed by atoms with E-state index in [0.717, 1.165) is 11.0 Å². The van der Waals surface area contributed by atoms with E-state index in [1.807, 2.05) is 18.5 Å². The number of carbonyl (C=O) groups is 2. The fourth-order valence-corrected chi connectivity index (χ4v) is 2.64. The molecule has 0 spiro atoms. The molecule has 122 valence electrons. The number of amides is 1. The van der Waals surface area contributed by atoms with Crippen LogP contribution >= 0.6 is 0 Å². The molecule has 1 aliphatic carbocycles. The molecular formula is C16H20N4O3. The molecule has 2 heterocycles. The third-order valence-corrected chi connectivity index (χ3v) is 4.39. The Balaban J connectivity index is 1.83. The van der Waals surface area contributed by atoms with Gasteiger partial charge in [-0.2, -0.15) is 5.10 Å². The second kappa shape index (κ2) is 5.33. The maximum atomic E-state index is 12.4. The van der Waals surface area contributed by atoms with E-state index in [1.54, 1.807) is 19.2 Å². The Morgan fingerprint density at radius 2 is 2.13 bits per heavy atom. The number of carboxylic acids is 1. The van der Waals surface area contributed by atoms with Crippen molar-refractivity contribution in [3.05, 3.63) is 23.5 Å². The first kappa shape index (κ1) is 15.5. The summed E-state index contributed by atoms with van der Waals surface area (Å²) in [5.41, 5.74) is 1.04. The Morgan fingerprint density at radius 1 is 1.43 bits per heavy atom. The number of aryl methyl sites for hydroxylation is 1. The topological polar surface area (TPSA) is 97.1 Å². The third-order valence-electron chi connectivity index (χ3n) is 4.39. The van der Waals surface area contributed by atoms with Crippen LogP contribution in [0.4, 0.5) is 0 Å². The van der Waals surface area contributed by atoms with E-state index in [9.17, 15) is 9.59 Å². The molecule has 2 N–H and O–H groups in total. The smallest absolute Gasteiger partial charge is 0.311 e. The van der Waals surface area contributed by atoms with Crippen LogP contribution in [0.2, 0.25) is 0 Å². The number of hydrogen-bond acceptors (Lipinski definition) is 4. The molecule has 2 aromatic rings. The van der Waals surface area contributed by atoms with Gasteiger partial charge in [-0.15, -0.1) is 0 Å². The van der Waals surface area contributed by atoms with E-state index in [1.165, 1.54) is 0 Å². The largest absolute Gasteiger partial charge is 0.481 e. The molecule has 0 atom stereocenters. The molecular weight excluding hydrogens is 296 g/mol. The van der Waals surface area contributed by atoms with E-state index in [0.29, 0.717) is 24.1 Å². The number of fused-ring (bicyclic) bond motifs is 1. The Kier molecular flexibility index (Phi) is 3.58. The summed E-state index contributed by atoms with van der Waals surface area (Å²) in [6.45, 7) is 5.97. The van der Waals surface area contributed by atoms with Gasteiger partial charge in [-0.1, -0.05) is 0 Å². The zero-order valence-corrected chi connectivity index (χ0v) is 13.5. The molecule has 0 aliphatic heterocycles. The summed E-state index contributed by atoms with van der Waals surface area (Å²) >= 11 is 0. The number of nitrogens with zero attached hydrogens (tertiary/aromatic N) is 3. The Hall–Kier alpha value is -2.44. The van der Waals surface area contributed by atoms with Crippen molar-refractivity contribution in [2.45, 2.75) is 39.7 Å². The second-order valence-corrected chi connectivity index (χ2v) is 6.49. The summed E-state index contributed by atoms with van der Waals surface area (Å²) in [5.74, 6) is -1.14. The lowest BCUT2D eigenvalue weighted by Gasteiger charge is -2.12. The summed E-state index contributed by atoms with van der Waals surface area (Å²) in [6.07, 6.45) is 2.91. The molecule has 0 unspecified atom stereocenters. The number of carbonyl (C=O) groups excluding carboxylic acids is 1. The van der Waals surface area contributed by atoms with Crippen molar-refractivity contribution in [3.63, 3.8) is 0 Å². The number of nitrogens with one attached hydrogen (secondary N) is 1. The van der Waals surface area contributed by atoms with Gasteiger partial charge in [0.05, 0.1) is 22.9 Å². The fourth-order valence-electron chi connectivity index (χ4n) is 2.64. The number of pyridine rings is 1. The van der Waals surface area contributed by atoms with Crippen molar-refractivity contribution < 1.29 is 14.7 Å². The monoisotopic (exact) mass is 316 g/mol. The van der Waals surface area contributed by atoms with Crippen molar-refractivity contribution in [1.29, 1.82) is 0 Å². The van der Waals surface area contributed by atoms with Crippen molar-refractivity contribution >= 4 is 22.9 Å². The Labute approximate surface area is 133 Å². The number of aromatic nitrogens is 3. The van der Waals surface area contributed by atoms with Crippen molar-refractivity contribution in [1.82, 2.24) is 20.1 Å². The van der Waals surface area contributed by atoms with Crippen molar-refractivity contribution in [3.8, 4) is 0 Å². The fraction of sp³-hybridized carbons (Fsp3) is 0.500. The standard InChI is InChI=1S/C16H20N4O3/c1-9(2)20-13-11(7-18-20)6-12(10(3)19-13)14(21)17-8-16(4-5-16)15(22)23/h6-7,9H,4-5,8H2,1-3H3,(H,17,21)(H,22,23). The van der Waals surface area contributed by atoms with E-state index in [2.05, 4.69) is 15.4 Å². The Bertz CT molecular complexity index is 790. The summed E-state index contributed by atoms with van der Waals surface area (Å²) in [4.78, 5) is 28.0. The highest BCUT2D eigenvalue weighted by Crippen LogP contribution is 2.45. The van der Waals surface area contributed by atoms with Gasteiger partial charge < -0.3 is 10.4 Å². The summed E-state index contributed by atoms with van der Waals surface area (Å²) in [6, 6.07) is 1.95. The zero-order chi connectivity index (χ0) is 16.8. The highest BCUT2D eigenvalue weighted by molar-refractivity contribution is 5.98. The maximum Gasteiger partial charge on any atom is 0.311 e. The zero-order valence-electron chi connectivity index (χ0n) is 13.5. The van der Waals surface area contributed by atoms with Gasteiger partial charge in [-0.3, -0.25) is 9.59 Å². The van der Waals surface area contributed by atoms with Crippen LogP contribution in [0.25, 0.3) is 11.0 Å². The second-order valence-electron chi connectivity index (χ2n) is 6.49. The Morgan fingerprint density at radius 3 is 2.70 bits per heavy atom. The van der Waals surface area contributed by atoms with Crippen LogP contribution in [0, 0.1) is 12.3 Å². The van der Waals surface area contributed by atoms with E-state index < -0.39 is 11.4 Å².